The summed E-state index contributed by atoms with van der Waals surface area (Å²) >= 11 is 6.05. The van der Waals surface area contributed by atoms with Gasteiger partial charge in [-0.25, -0.2) is 0 Å². The summed E-state index contributed by atoms with van der Waals surface area (Å²) in [4.78, 5) is 27.6. The molecule has 1 N–H and O–H groups in total. The third-order valence-corrected chi connectivity index (χ3v) is 6.91. The minimum absolute atomic E-state index is 0.0528. The first-order chi connectivity index (χ1) is 15.0. The number of carbonyl (C=O) groups excluding carboxylic acids is 2. The summed E-state index contributed by atoms with van der Waals surface area (Å²) in [6, 6.07) is 17.9. The highest BCUT2D eigenvalue weighted by Crippen LogP contribution is 2.31. The van der Waals surface area contributed by atoms with E-state index in [0.717, 1.165) is 24.8 Å². The quantitative estimate of drug-likeness (QED) is 0.602. The van der Waals surface area contributed by atoms with E-state index in [4.69, 9.17) is 11.6 Å². The minimum Gasteiger partial charge on any atom is -0.346 e. The molecule has 2 aromatic rings. The monoisotopic (exact) mass is 440 g/mol. The molecule has 5 heteroatoms. The van der Waals surface area contributed by atoms with Gasteiger partial charge in [-0.1, -0.05) is 67.9 Å². The Hall–Kier alpha value is -2.33. The van der Waals surface area contributed by atoms with Crippen molar-refractivity contribution in [3.05, 3.63) is 70.7 Å². The van der Waals surface area contributed by atoms with Crippen LogP contribution in [0.4, 0.5) is 0 Å². The molecular formula is C26H33ClN2O2. The van der Waals surface area contributed by atoms with Crippen molar-refractivity contribution >= 4 is 23.4 Å². The zero-order valence-electron chi connectivity index (χ0n) is 18.6. The number of nitrogens with zero attached hydrogens (tertiary/aromatic N) is 1. The van der Waals surface area contributed by atoms with Crippen molar-refractivity contribution in [2.45, 2.75) is 57.9 Å². The van der Waals surface area contributed by atoms with Crippen LogP contribution in [-0.2, 0) is 21.5 Å². The largest absolute Gasteiger partial charge is 0.346 e. The van der Waals surface area contributed by atoms with Crippen molar-refractivity contribution in [1.82, 2.24) is 10.2 Å². The number of amides is 2. The third kappa shape index (κ3) is 5.88. The fourth-order valence-corrected chi connectivity index (χ4v) is 4.59. The van der Waals surface area contributed by atoms with Gasteiger partial charge < -0.3 is 10.2 Å². The maximum absolute atomic E-state index is 13.1. The number of likely N-dealkylation sites (tertiary alicyclic amines) is 1. The second-order valence-electron chi connectivity index (χ2n) is 8.43. The molecule has 2 amide bonds. The molecule has 1 aliphatic rings. The highest BCUT2D eigenvalue weighted by atomic mass is 35.5. The average molecular weight is 441 g/mol. The van der Waals surface area contributed by atoms with Crippen LogP contribution in [0.2, 0.25) is 5.02 Å². The lowest BCUT2D eigenvalue weighted by atomic mass is 9.83. The van der Waals surface area contributed by atoms with E-state index in [1.807, 2.05) is 47.4 Å². The molecule has 0 aliphatic carbocycles. The molecule has 0 bridgehead atoms. The van der Waals surface area contributed by atoms with Gasteiger partial charge in [0.15, 0.2) is 0 Å². The van der Waals surface area contributed by atoms with E-state index in [9.17, 15) is 9.59 Å². The lowest BCUT2D eigenvalue weighted by Gasteiger charge is -2.37. The molecule has 0 atom stereocenters. The molecule has 1 saturated heterocycles. The van der Waals surface area contributed by atoms with E-state index in [1.165, 1.54) is 5.56 Å². The van der Waals surface area contributed by atoms with Crippen LogP contribution in [0.15, 0.2) is 54.6 Å². The lowest BCUT2D eigenvalue weighted by Crippen LogP contribution is -2.50. The van der Waals surface area contributed by atoms with E-state index in [0.29, 0.717) is 37.4 Å². The van der Waals surface area contributed by atoms with Gasteiger partial charge in [0.05, 0.1) is 5.54 Å². The van der Waals surface area contributed by atoms with Crippen LogP contribution in [0.25, 0.3) is 0 Å². The second-order valence-corrected chi connectivity index (χ2v) is 8.86. The van der Waals surface area contributed by atoms with Crippen LogP contribution >= 0.6 is 11.6 Å². The molecule has 0 spiro atoms. The molecule has 0 aromatic heterocycles. The molecule has 4 nitrogen and oxygen atoms in total. The molecule has 0 radical (unpaired) electrons. The Labute approximate surface area is 191 Å². The molecule has 2 aromatic carbocycles. The first-order valence-corrected chi connectivity index (χ1v) is 11.7. The molecule has 1 heterocycles. The fourth-order valence-electron chi connectivity index (χ4n) is 4.46. The molecule has 1 fully saturated rings. The van der Waals surface area contributed by atoms with E-state index in [1.54, 1.807) is 0 Å². The Bertz CT molecular complexity index is 855. The number of benzene rings is 2. The first-order valence-electron chi connectivity index (χ1n) is 11.4. The summed E-state index contributed by atoms with van der Waals surface area (Å²) in [6.07, 6.45) is 4.34. The summed E-state index contributed by atoms with van der Waals surface area (Å²) in [5, 5.41) is 4.04. The van der Waals surface area contributed by atoms with Gasteiger partial charge in [-0.3, -0.25) is 9.59 Å². The highest BCUT2D eigenvalue weighted by Gasteiger charge is 2.34. The zero-order valence-corrected chi connectivity index (χ0v) is 19.3. The number of carbonyl (C=O) groups is 2. The predicted molar refractivity (Wildman–Crippen MR) is 126 cm³/mol. The van der Waals surface area contributed by atoms with Gasteiger partial charge in [0.25, 0.3) is 0 Å². The highest BCUT2D eigenvalue weighted by molar-refractivity contribution is 6.30. The van der Waals surface area contributed by atoms with Crippen molar-refractivity contribution in [2.24, 2.45) is 5.92 Å². The zero-order chi connectivity index (χ0) is 22.3. The normalized spacial score (nSPS) is 15.0. The SMILES string of the molecule is CCC(CC)(NC(=O)C1CCN(C(=O)CCc2ccccc2)CC1)c1ccc(Cl)cc1. The van der Waals surface area contributed by atoms with E-state index in [2.05, 4.69) is 31.3 Å². The van der Waals surface area contributed by atoms with Crippen LogP contribution in [0.1, 0.15) is 57.1 Å². The Balaban J connectivity index is 1.54. The summed E-state index contributed by atoms with van der Waals surface area (Å²) in [5.41, 5.74) is 1.89. The topological polar surface area (TPSA) is 49.4 Å². The molecule has 3 rings (SSSR count). The Morgan fingerprint density at radius 3 is 2.19 bits per heavy atom. The predicted octanol–water partition coefficient (Wildman–Crippen LogP) is 5.34. The second kappa shape index (κ2) is 10.8. The average Bonchev–Trinajstić information content (AvgIpc) is 2.82. The Morgan fingerprint density at radius 2 is 1.61 bits per heavy atom. The van der Waals surface area contributed by atoms with E-state index in [-0.39, 0.29) is 23.3 Å². The summed E-state index contributed by atoms with van der Waals surface area (Å²) in [6.45, 7) is 5.51. The molecular weight excluding hydrogens is 408 g/mol. The van der Waals surface area contributed by atoms with Gasteiger partial charge >= 0.3 is 0 Å². The first kappa shape index (κ1) is 23.3. The van der Waals surface area contributed by atoms with Crippen molar-refractivity contribution < 1.29 is 9.59 Å². The van der Waals surface area contributed by atoms with Gasteiger partial charge in [-0.15, -0.1) is 0 Å². The third-order valence-electron chi connectivity index (χ3n) is 6.66. The van der Waals surface area contributed by atoms with Gasteiger partial charge in [-0.2, -0.15) is 0 Å². The van der Waals surface area contributed by atoms with Crippen molar-refractivity contribution in [3.63, 3.8) is 0 Å². The van der Waals surface area contributed by atoms with Crippen molar-refractivity contribution in [1.29, 1.82) is 0 Å². The lowest BCUT2D eigenvalue weighted by molar-refractivity contribution is -0.136. The Kier molecular flexibility index (Phi) is 8.14. The molecule has 1 aliphatic heterocycles. The number of rotatable bonds is 8. The van der Waals surface area contributed by atoms with Crippen LogP contribution in [0, 0.1) is 5.92 Å². The fraction of sp³-hybridized carbons (Fsp3) is 0.462. The maximum atomic E-state index is 13.1. The van der Waals surface area contributed by atoms with Gasteiger partial charge in [0, 0.05) is 30.5 Å². The van der Waals surface area contributed by atoms with Crippen LogP contribution in [-0.4, -0.2) is 29.8 Å². The van der Waals surface area contributed by atoms with Crippen LogP contribution < -0.4 is 5.32 Å². The van der Waals surface area contributed by atoms with Gasteiger partial charge in [0.1, 0.15) is 0 Å². The number of piperidine rings is 1. The smallest absolute Gasteiger partial charge is 0.223 e. The van der Waals surface area contributed by atoms with Gasteiger partial charge in [-0.05, 0) is 55.4 Å². The number of hydrogen-bond donors (Lipinski definition) is 1. The minimum atomic E-state index is -0.385. The Morgan fingerprint density at radius 1 is 1.00 bits per heavy atom. The molecule has 0 saturated carbocycles. The summed E-state index contributed by atoms with van der Waals surface area (Å²) in [7, 11) is 0. The molecule has 0 unspecified atom stereocenters. The number of aryl methyl sites for hydroxylation is 1. The van der Waals surface area contributed by atoms with Gasteiger partial charge in [0.2, 0.25) is 11.8 Å². The summed E-state index contributed by atoms with van der Waals surface area (Å²) in [5.74, 6) is 0.221. The molecule has 31 heavy (non-hydrogen) atoms. The van der Waals surface area contributed by atoms with Crippen molar-refractivity contribution in [3.8, 4) is 0 Å². The number of nitrogens with one attached hydrogen (secondary N) is 1. The van der Waals surface area contributed by atoms with E-state index >= 15 is 0 Å². The van der Waals surface area contributed by atoms with Crippen LogP contribution in [0.3, 0.4) is 0 Å². The number of hydrogen-bond acceptors (Lipinski definition) is 2. The number of halogens is 1. The standard InChI is InChI=1S/C26H33ClN2O2/c1-3-26(4-2,22-11-13-23(27)14-12-22)28-25(31)21-16-18-29(19-17-21)24(30)15-10-20-8-6-5-7-9-20/h5-9,11-14,21H,3-4,10,15-19H2,1-2H3,(H,28,31). The van der Waals surface area contributed by atoms with Crippen LogP contribution in [0.5, 0.6) is 0 Å². The van der Waals surface area contributed by atoms with Crippen molar-refractivity contribution in [2.75, 3.05) is 13.1 Å². The maximum Gasteiger partial charge on any atom is 0.223 e. The van der Waals surface area contributed by atoms with E-state index < -0.39 is 0 Å². The summed E-state index contributed by atoms with van der Waals surface area (Å²) < 4.78 is 0. The molecule has 166 valence electrons.